The molecule has 2 aromatic carbocycles. The third-order valence-electron chi connectivity index (χ3n) is 6.28. The van der Waals surface area contributed by atoms with Crippen LogP contribution in [0.4, 0.5) is 0 Å². The van der Waals surface area contributed by atoms with Gasteiger partial charge in [0.05, 0.1) is 18.6 Å². The van der Waals surface area contributed by atoms with Gasteiger partial charge in [-0.3, -0.25) is 4.79 Å². The Morgan fingerprint density at radius 3 is 2.24 bits per heavy atom. The van der Waals surface area contributed by atoms with E-state index in [0.717, 1.165) is 23.1 Å². The van der Waals surface area contributed by atoms with Crippen molar-refractivity contribution in [1.82, 2.24) is 0 Å². The Balaban J connectivity index is 1.70. The molecule has 3 unspecified atom stereocenters. The molecule has 2 fully saturated rings. The lowest BCUT2D eigenvalue weighted by Gasteiger charge is -2.51. The van der Waals surface area contributed by atoms with Crippen LogP contribution in [0.2, 0.25) is 0 Å². The van der Waals surface area contributed by atoms with E-state index in [4.69, 9.17) is 4.74 Å². The Morgan fingerprint density at radius 1 is 1.00 bits per heavy atom. The molecule has 0 aromatic heterocycles. The van der Waals surface area contributed by atoms with Crippen molar-refractivity contribution in [3.05, 3.63) is 77.9 Å². The van der Waals surface area contributed by atoms with Crippen molar-refractivity contribution in [2.45, 2.75) is 17.9 Å². The van der Waals surface area contributed by atoms with Crippen LogP contribution >= 0.6 is 0 Å². The molecular weight excluding hydrogens is 312 g/mol. The van der Waals surface area contributed by atoms with Gasteiger partial charge in [0.15, 0.2) is 11.4 Å². The lowest BCUT2D eigenvalue weighted by Crippen LogP contribution is -2.58. The summed E-state index contributed by atoms with van der Waals surface area (Å²) in [5.41, 5.74) is 1.79. The smallest absolute Gasteiger partial charge is 0.180 e. The van der Waals surface area contributed by atoms with Gasteiger partial charge >= 0.3 is 0 Å². The Labute approximate surface area is 147 Å². The summed E-state index contributed by atoms with van der Waals surface area (Å²) in [6, 6.07) is 20.3. The molecule has 1 spiro atoms. The first kappa shape index (κ1) is 15.1. The van der Waals surface area contributed by atoms with Gasteiger partial charge in [0.1, 0.15) is 0 Å². The normalized spacial score (nSPS) is 35.7. The van der Waals surface area contributed by atoms with Crippen molar-refractivity contribution >= 4 is 11.4 Å². The first-order valence-corrected chi connectivity index (χ1v) is 8.84. The molecule has 4 aliphatic rings. The molecule has 0 radical (unpaired) electrons. The van der Waals surface area contributed by atoms with Crippen molar-refractivity contribution in [2.24, 2.45) is 11.3 Å². The summed E-state index contributed by atoms with van der Waals surface area (Å²) in [5.74, 6) is 0.117. The molecule has 3 nitrogen and oxygen atoms in total. The number of carbonyl (C=O) groups is 1. The molecule has 6 rings (SSSR count). The average Bonchev–Trinajstić information content (AvgIpc) is 3.48. The number of carbonyl (C=O) groups excluding carboxylic acids is 1. The van der Waals surface area contributed by atoms with Gasteiger partial charge in [0.2, 0.25) is 0 Å². The van der Waals surface area contributed by atoms with E-state index >= 15 is 0 Å². The molecule has 2 bridgehead atoms. The van der Waals surface area contributed by atoms with E-state index in [1.165, 1.54) is 0 Å². The van der Waals surface area contributed by atoms with Crippen LogP contribution in [0, 0.1) is 11.3 Å². The van der Waals surface area contributed by atoms with Crippen LogP contribution in [-0.2, 0) is 9.53 Å². The monoisotopic (exact) mass is 332 g/mol. The van der Waals surface area contributed by atoms with E-state index in [1.807, 2.05) is 42.5 Å². The summed E-state index contributed by atoms with van der Waals surface area (Å²) in [6.07, 6.45) is 2.88. The molecule has 1 heterocycles. The molecule has 2 aromatic rings. The number of aliphatic hydroxyl groups is 1. The zero-order valence-corrected chi connectivity index (χ0v) is 13.9. The number of aliphatic hydroxyl groups excluding tert-OH is 1. The number of hydrogen-bond acceptors (Lipinski definition) is 3. The van der Waals surface area contributed by atoms with Crippen molar-refractivity contribution in [3.63, 3.8) is 0 Å². The summed E-state index contributed by atoms with van der Waals surface area (Å²) in [6.45, 7) is 0.295. The highest BCUT2D eigenvalue weighted by atomic mass is 16.6. The minimum atomic E-state index is -0.891. The Hall–Kier alpha value is -2.23. The highest BCUT2D eigenvalue weighted by Crippen LogP contribution is 2.64. The van der Waals surface area contributed by atoms with Gasteiger partial charge in [-0.25, -0.2) is 0 Å². The first-order chi connectivity index (χ1) is 12.2. The molecule has 4 atom stereocenters. The van der Waals surface area contributed by atoms with Gasteiger partial charge < -0.3 is 9.84 Å². The van der Waals surface area contributed by atoms with Crippen LogP contribution in [0.5, 0.6) is 0 Å². The van der Waals surface area contributed by atoms with Crippen LogP contribution in [0.1, 0.15) is 23.5 Å². The fourth-order valence-corrected chi connectivity index (χ4v) is 4.94. The van der Waals surface area contributed by atoms with E-state index < -0.39 is 11.0 Å². The second-order valence-corrected chi connectivity index (χ2v) is 7.42. The van der Waals surface area contributed by atoms with Gasteiger partial charge in [-0.2, -0.15) is 0 Å². The Morgan fingerprint density at radius 2 is 1.64 bits per heavy atom. The summed E-state index contributed by atoms with van der Waals surface area (Å²) in [5, 5.41) is 10.4. The maximum absolute atomic E-state index is 13.4. The van der Waals surface area contributed by atoms with Gasteiger partial charge in [0, 0.05) is 11.8 Å². The fraction of sp³-hybridized carbons (Fsp3) is 0.318. The maximum Gasteiger partial charge on any atom is 0.180 e. The van der Waals surface area contributed by atoms with E-state index in [-0.39, 0.29) is 24.2 Å². The summed E-state index contributed by atoms with van der Waals surface area (Å²) >= 11 is 0. The van der Waals surface area contributed by atoms with Crippen LogP contribution in [0.25, 0.3) is 5.57 Å². The van der Waals surface area contributed by atoms with Gasteiger partial charge in [-0.15, -0.1) is 0 Å². The van der Waals surface area contributed by atoms with Crippen LogP contribution in [-0.4, -0.2) is 29.7 Å². The van der Waals surface area contributed by atoms with E-state index in [0.29, 0.717) is 6.61 Å². The number of ether oxygens (including phenoxy) is 1. The van der Waals surface area contributed by atoms with E-state index in [9.17, 15) is 9.90 Å². The number of fused-ring (bicyclic) bond motifs is 1. The van der Waals surface area contributed by atoms with Gasteiger partial charge in [-0.1, -0.05) is 66.7 Å². The number of hydrogen-bond donors (Lipinski definition) is 1. The first-order valence-electron chi connectivity index (χ1n) is 8.84. The zero-order valence-electron chi connectivity index (χ0n) is 13.9. The minimum absolute atomic E-state index is 0.00140. The number of ketones is 1. The van der Waals surface area contributed by atoms with Crippen molar-refractivity contribution in [3.8, 4) is 0 Å². The SMILES string of the molecule is O=C1C2(CO)C=C(c3ccccc3)C(CC2c2ccccc2)[C@@]12CO2. The third kappa shape index (κ3) is 1.91. The minimum Gasteiger partial charge on any atom is -0.395 e. The molecule has 3 heteroatoms. The molecule has 1 saturated heterocycles. The predicted octanol–water partition coefficient (Wildman–Crippen LogP) is 3.20. The van der Waals surface area contributed by atoms with Crippen molar-refractivity contribution in [2.75, 3.05) is 13.2 Å². The Kier molecular flexibility index (Phi) is 3.09. The summed E-state index contributed by atoms with van der Waals surface area (Å²) in [7, 11) is 0. The zero-order chi connectivity index (χ0) is 17.1. The van der Waals surface area contributed by atoms with Crippen molar-refractivity contribution < 1.29 is 14.6 Å². The number of benzene rings is 2. The maximum atomic E-state index is 13.4. The van der Waals surface area contributed by atoms with E-state index in [1.54, 1.807) is 0 Å². The second kappa shape index (κ2) is 5.13. The van der Waals surface area contributed by atoms with Crippen molar-refractivity contribution in [1.29, 1.82) is 0 Å². The molecule has 3 aliphatic carbocycles. The fourth-order valence-electron chi connectivity index (χ4n) is 4.94. The number of epoxide rings is 1. The highest BCUT2D eigenvalue weighted by molar-refractivity contribution is 6.04. The average molecular weight is 332 g/mol. The quantitative estimate of drug-likeness (QED) is 0.878. The Bertz CT molecular complexity index is 851. The standard InChI is InChI=1S/C22H20O3/c23-13-21-12-17(15-7-3-1-4-8-15)19(22(14-25-22)20(21)24)11-18(21)16-9-5-2-6-10-16/h1-10,12,18-19,23H,11,13-14H2/t18?,19?,21?,22-/m0/s1. The lowest BCUT2D eigenvalue weighted by atomic mass is 9.50. The largest absolute Gasteiger partial charge is 0.395 e. The topological polar surface area (TPSA) is 49.8 Å². The second-order valence-electron chi connectivity index (χ2n) is 7.42. The van der Waals surface area contributed by atoms with Gasteiger partial charge in [0.25, 0.3) is 0 Å². The van der Waals surface area contributed by atoms with Gasteiger partial charge in [-0.05, 0) is 23.1 Å². The van der Waals surface area contributed by atoms with Crippen LogP contribution in [0.3, 0.4) is 0 Å². The summed E-state index contributed by atoms with van der Waals surface area (Å²) in [4.78, 5) is 13.4. The summed E-state index contributed by atoms with van der Waals surface area (Å²) < 4.78 is 5.74. The molecule has 126 valence electrons. The highest BCUT2D eigenvalue weighted by Gasteiger charge is 2.71. The van der Waals surface area contributed by atoms with Crippen LogP contribution < -0.4 is 0 Å². The lowest BCUT2D eigenvalue weighted by molar-refractivity contribution is -0.141. The molecule has 25 heavy (non-hydrogen) atoms. The molecule has 1 N–H and O–H groups in total. The van der Waals surface area contributed by atoms with E-state index in [2.05, 4.69) is 24.3 Å². The molecular formula is C22H20O3. The predicted molar refractivity (Wildman–Crippen MR) is 94.9 cm³/mol. The number of rotatable bonds is 3. The number of Topliss-reactive ketones (excluding diaryl/α,β-unsaturated/α-hetero) is 1. The molecule has 1 saturated carbocycles. The molecule has 0 amide bonds. The third-order valence-corrected chi connectivity index (χ3v) is 6.28. The molecule has 1 aliphatic heterocycles. The van der Waals surface area contributed by atoms with Crippen LogP contribution in [0.15, 0.2) is 66.7 Å².